The second-order valence-electron chi connectivity index (χ2n) is 5.55. The van der Waals surface area contributed by atoms with E-state index >= 15 is 0 Å². The Morgan fingerprint density at radius 1 is 1.07 bits per heavy atom. The number of halogens is 4. The highest BCUT2D eigenvalue weighted by molar-refractivity contribution is 6.30. The normalized spacial score (nSPS) is 17.8. The molecule has 2 aromatic carbocycles. The van der Waals surface area contributed by atoms with Crippen LogP contribution in [0.3, 0.4) is 0 Å². The summed E-state index contributed by atoms with van der Waals surface area (Å²) in [7, 11) is 2.76. The zero-order chi connectivity index (χ0) is 20.5. The van der Waals surface area contributed by atoms with E-state index in [2.05, 4.69) is 5.32 Å². The fraction of sp³-hybridized carbons (Fsp3) is 0.235. The van der Waals surface area contributed by atoms with E-state index in [-0.39, 0.29) is 28.0 Å². The van der Waals surface area contributed by atoms with E-state index in [0.29, 0.717) is 5.75 Å². The molecule has 2 amide bonds. The monoisotopic (exact) mass is 418 g/mol. The van der Waals surface area contributed by atoms with Crippen molar-refractivity contribution in [1.29, 1.82) is 0 Å². The largest absolute Gasteiger partial charge is 0.497 e. The van der Waals surface area contributed by atoms with Crippen LogP contribution in [-0.2, 0) is 0 Å². The first-order chi connectivity index (χ1) is 13.2. The van der Waals surface area contributed by atoms with Gasteiger partial charge in [-0.2, -0.15) is 13.2 Å². The van der Waals surface area contributed by atoms with Crippen molar-refractivity contribution in [2.45, 2.75) is 12.1 Å². The molecule has 7 nitrogen and oxygen atoms in total. The van der Waals surface area contributed by atoms with Crippen molar-refractivity contribution in [3.05, 3.63) is 41.4 Å². The number of hydrogen-bond acceptors (Lipinski definition) is 5. The Morgan fingerprint density at radius 3 is 2.43 bits per heavy atom. The number of rotatable bonds is 4. The number of benzene rings is 2. The molecular weight excluding hydrogens is 405 g/mol. The highest BCUT2D eigenvalue weighted by Crippen LogP contribution is 2.46. The maximum Gasteiger partial charge on any atom is 0.492 e. The number of urea groups is 1. The van der Waals surface area contributed by atoms with E-state index in [0.717, 1.165) is 6.07 Å². The molecule has 0 saturated heterocycles. The van der Waals surface area contributed by atoms with Gasteiger partial charge in [-0.1, -0.05) is 11.6 Å². The van der Waals surface area contributed by atoms with Crippen LogP contribution in [0.4, 0.5) is 23.7 Å². The van der Waals surface area contributed by atoms with Gasteiger partial charge in [0.25, 0.3) is 0 Å². The smallest absolute Gasteiger partial charge is 0.492 e. The number of carbonyl (C=O) groups is 1. The highest BCUT2D eigenvalue weighted by atomic mass is 35.5. The molecule has 28 heavy (non-hydrogen) atoms. The zero-order valence-electron chi connectivity index (χ0n) is 14.5. The Hall–Kier alpha value is -3.01. The van der Waals surface area contributed by atoms with Gasteiger partial charge in [-0.05, 0) is 24.3 Å². The number of fused-ring (bicyclic) bond motifs is 1. The van der Waals surface area contributed by atoms with Gasteiger partial charge in [-0.15, -0.1) is 0 Å². The van der Waals surface area contributed by atoms with Crippen LogP contribution in [-0.4, -0.2) is 32.3 Å². The molecule has 0 aromatic heterocycles. The van der Waals surface area contributed by atoms with Gasteiger partial charge in [0, 0.05) is 17.2 Å². The molecule has 0 unspecified atom stereocenters. The standard InChI is InChI=1S/C17H14ClF3N2O5/c1-25-10-4-5-11(13(8-10)26-2)22-15(24)23-17(16(19,20)21)27-12-6-3-9(18)7-14(12)28-17/h3-8H,1-2H3,(H2,22,23,24)/t17-/m1/s1. The minimum atomic E-state index is -5.10. The topological polar surface area (TPSA) is 78.1 Å². The third-order valence-corrected chi connectivity index (χ3v) is 3.96. The second kappa shape index (κ2) is 7.19. The van der Waals surface area contributed by atoms with Crippen molar-refractivity contribution in [3.8, 4) is 23.0 Å². The molecule has 0 spiro atoms. The van der Waals surface area contributed by atoms with E-state index in [1.54, 1.807) is 5.32 Å². The number of hydrogen-bond donors (Lipinski definition) is 2. The van der Waals surface area contributed by atoms with E-state index in [4.69, 9.17) is 30.5 Å². The molecule has 2 aromatic rings. The maximum absolute atomic E-state index is 13.7. The number of methoxy groups -OCH3 is 2. The molecule has 3 rings (SSSR count). The van der Waals surface area contributed by atoms with Gasteiger partial charge in [0.1, 0.15) is 11.5 Å². The van der Waals surface area contributed by atoms with Crippen LogP contribution < -0.4 is 29.6 Å². The molecule has 1 aliphatic heterocycles. The first kappa shape index (κ1) is 19.7. The van der Waals surface area contributed by atoms with Crippen molar-refractivity contribution < 1.29 is 36.9 Å². The number of amides is 2. The second-order valence-corrected chi connectivity index (χ2v) is 5.99. The summed E-state index contributed by atoms with van der Waals surface area (Å²) in [6, 6.07) is 6.81. The van der Waals surface area contributed by atoms with Gasteiger partial charge in [-0.25, -0.2) is 4.79 Å². The summed E-state index contributed by atoms with van der Waals surface area (Å²) in [4.78, 5) is 12.3. The van der Waals surface area contributed by atoms with Crippen LogP contribution in [0.25, 0.3) is 0 Å². The van der Waals surface area contributed by atoms with Gasteiger partial charge in [0.2, 0.25) is 0 Å². The minimum absolute atomic E-state index is 0.108. The SMILES string of the molecule is COc1ccc(NC(=O)N[C@]2(C(F)(F)F)Oc3ccc(Cl)cc3O2)c(OC)c1. The lowest BCUT2D eigenvalue weighted by Crippen LogP contribution is -2.65. The lowest BCUT2D eigenvalue weighted by molar-refractivity contribution is -0.317. The van der Waals surface area contributed by atoms with Crippen LogP contribution in [0, 0.1) is 0 Å². The Bertz CT molecular complexity index is 909. The molecule has 0 bridgehead atoms. The molecule has 150 valence electrons. The maximum atomic E-state index is 13.7. The molecular formula is C17H14ClF3N2O5. The van der Waals surface area contributed by atoms with E-state index < -0.39 is 18.1 Å². The number of ether oxygens (including phenoxy) is 4. The summed E-state index contributed by atoms with van der Waals surface area (Å²) in [5, 5.41) is 4.08. The van der Waals surface area contributed by atoms with Crippen molar-refractivity contribution in [2.75, 3.05) is 19.5 Å². The Kier molecular flexibility index (Phi) is 5.07. The Balaban J connectivity index is 1.83. The van der Waals surface area contributed by atoms with Crippen molar-refractivity contribution >= 4 is 23.3 Å². The molecule has 1 atom stereocenters. The fourth-order valence-corrected chi connectivity index (χ4v) is 2.58. The summed E-state index contributed by atoms with van der Waals surface area (Å²) >= 11 is 5.76. The number of carbonyl (C=O) groups excluding carboxylic acids is 1. The summed E-state index contributed by atoms with van der Waals surface area (Å²) in [6.07, 6.45) is -5.10. The van der Waals surface area contributed by atoms with Gasteiger partial charge in [0.05, 0.1) is 19.9 Å². The van der Waals surface area contributed by atoms with Crippen molar-refractivity contribution in [3.63, 3.8) is 0 Å². The molecule has 11 heteroatoms. The highest BCUT2D eigenvalue weighted by Gasteiger charge is 2.65. The minimum Gasteiger partial charge on any atom is -0.497 e. The van der Waals surface area contributed by atoms with Gasteiger partial charge < -0.3 is 24.3 Å². The average molecular weight is 419 g/mol. The van der Waals surface area contributed by atoms with Crippen molar-refractivity contribution in [2.24, 2.45) is 0 Å². The number of nitrogens with one attached hydrogen (secondary N) is 2. The molecule has 2 N–H and O–H groups in total. The lowest BCUT2D eigenvalue weighted by atomic mass is 10.2. The van der Waals surface area contributed by atoms with E-state index in [9.17, 15) is 18.0 Å². The van der Waals surface area contributed by atoms with Crippen LogP contribution >= 0.6 is 11.6 Å². The molecule has 0 saturated carbocycles. The van der Waals surface area contributed by atoms with Gasteiger partial charge in [-0.3, -0.25) is 5.32 Å². The van der Waals surface area contributed by atoms with Crippen LogP contribution in [0.1, 0.15) is 0 Å². The summed E-state index contributed by atoms with van der Waals surface area (Å²) in [5.74, 6) is -3.27. The first-order valence-electron chi connectivity index (χ1n) is 7.73. The Labute approximate surface area is 162 Å². The zero-order valence-corrected chi connectivity index (χ0v) is 15.3. The molecule has 1 heterocycles. The Morgan fingerprint density at radius 2 is 1.79 bits per heavy atom. The molecule has 0 radical (unpaired) electrons. The molecule has 0 aliphatic carbocycles. The molecule has 0 fully saturated rings. The van der Waals surface area contributed by atoms with E-state index in [1.165, 1.54) is 44.6 Å². The predicted octanol–water partition coefficient (Wildman–Crippen LogP) is 4.17. The van der Waals surface area contributed by atoms with Crippen LogP contribution in [0.15, 0.2) is 36.4 Å². The quantitative estimate of drug-likeness (QED) is 0.779. The number of alkyl halides is 3. The summed E-state index contributed by atoms with van der Waals surface area (Å²) < 4.78 is 60.9. The average Bonchev–Trinajstić information content (AvgIpc) is 3.00. The summed E-state index contributed by atoms with van der Waals surface area (Å²) in [5.41, 5.74) is 0.108. The summed E-state index contributed by atoms with van der Waals surface area (Å²) in [6.45, 7) is 0. The van der Waals surface area contributed by atoms with Crippen LogP contribution in [0.5, 0.6) is 23.0 Å². The van der Waals surface area contributed by atoms with Gasteiger partial charge in [0.15, 0.2) is 11.5 Å². The first-order valence-corrected chi connectivity index (χ1v) is 8.11. The predicted molar refractivity (Wildman–Crippen MR) is 93.2 cm³/mol. The third kappa shape index (κ3) is 3.68. The fourth-order valence-electron chi connectivity index (χ4n) is 2.42. The molecule has 1 aliphatic rings. The van der Waals surface area contributed by atoms with Crippen LogP contribution in [0.2, 0.25) is 5.02 Å². The lowest BCUT2D eigenvalue weighted by Gasteiger charge is -2.29. The van der Waals surface area contributed by atoms with Crippen molar-refractivity contribution in [1.82, 2.24) is 5.32 Å². The third-order valence-electron chi connectivity index (χ3n) is 3.72. The van der Waals surface area contributed by atoms with Gasteiger partial charge >= 0.3 is 18.1 Å². The number of anilines is 1. The van der Waals surface area contributed by atoms with E-state index in [1.807, 2.05) is 0 Å².